The number of morpholine rings is 1. The molecular formula is C26H29N3O5S. The van der Waals surface area contributed by atoms with Crippen LogP contribution in [0.2, 0.25) is 0 Å². The molecule has 1 heterocycles. The van der Waals surface area contributed by atoms with Crippen LogP contribution < -0.4 is 15.4 Å². The van der Waals surface area contributed by atoms with Gasteiger partial charge in [0.05, 0.1) is 18.1 Å². The molecule has 0 aliphatic carbocycles. The van der Waals surface area contributed by atoms with Gasteiger partial charge in [-0.15, -0.1) is 0 Å². The molecule has 184 valence electrons. The minimum absolute atomic E-state index is 0.143. The Labute approximate surface area is 205 Å². The summed E-state index contributed by atoms with van der Waals surface area (Å²) in [5.41, 5.74) is 2.27. The van der Waals surface area contributed by atoms with Crippen molar-refractivity contribution in [3.05, 3.63) is 84.4 Å². The number of rotatable bonds is 9. The number of hydrogen-bond donors (Lipinski definition) is 2. The number of ether oxygens (including phenoxy) is 2. The molecule has 3 aromatic rings. The first-order chi connectivity index (χ1) is 16.9. The Kier molecular flexibility index (Phi) is 8.02. The molecule has 2 N–H and O–H groups in total. The van der Waals surface area contributed by atoms with Crippen molar-refractivity contribution in [1.29, 1.82) is 0 Å². The van der Waals surface area contributed by atoms with Crippen LogP contribution in [0.4, 0.5) is 11.4 Å². The molecule has 8 nitrogen and oxygen atoms in total. The number of hydrogen-bond acceptors (Lipinski definition) is 6. The quantitative estimate of drug-likeness (QED) is 0.470. The Balaban J connectivity index is 1.32. The summed E-state index contributed by atoms with van der Waals surface area (Å²) in [4.78, 5) is 12.9. The number of amides is 1. The highest BCUT2D eigenvalue weighted by atomic mass is 32.2. The summed E-state index contributed by atoms with van der Waals surface area (Å²) in [6.07, 6.45) is 0. The highest BCUT2D eigenvalue weighted by Gasteiger charge is 2.26. The Morgan fingerprint density at radius 3 is 2.40 bits per heavy atom. The van der Waals surface area contributed by atoms with Crippen molar-refractivity contribution in [2.24, 2.45) is 0 Å². The molecule has 1 saturated heterocycles. The molecular weight excluding hydrogens is 466 g/mol. The Hall–Kier alpha value is -3.40. The zero-order chi connectivity index (χ0) is 24.7. The smallest absolute Gasteiger partial charge is 0.246 e. The lowest BCUT2D eigenvalue weighted by atomic mass is 10.2. The molecule has 0 aromatic heterocycles. The molecule has 1 fully saturated rings. The summed E-state index contributed by atoms with van der Waals surface area (Å²) in [7, 11) is -3.64. The van der Waals surface area contributed by atoms with E-state index < -0.39 is 16.1 Å². The molecule has 0 bridgehead atoms. The van der Waals surface area contributed by atoms with Gasteiger partial charge in [0.2, 0.25) is 15.9 Å². The zero-order valence-corrected chi connectivity index (χ0v) is 20.3. The maximum Gasteiger partial charge on any atom is 0.246 e. The van der Waals surface area contributed by atoms with E-state index in [1.54, 1.807) is 19.1 Å². The topological polar surface area (TPSA) is 97.0 Å². The van der Waals surface area contributed by atoms with E-state index >= 15 is 0 Å². The summed E-state index contributed by atoms with van der Waals surface area (Å²) in [6.45, 7) is 3.60. The number of carbonyl (C=O) groups is 1. The van der Waals surface area contributed by atoms with Crippen LogP contribution in [0.15, 0.2) is 83.8 Å². The number of sulfonamides is 1. The van der Waals surface area contributed by atoms with Gasteiger partial charge in [-0.2, -0.15) is 4.31 Å². The second-order valence-electron chi connectivity index (χ2n) is 8.20. The number of nitrogens with zero attached hydrogens (tertiary/aromatic N) is 1. The molecule has 1 aliphatic rings. The van der Waals surface area contributed by atoms with E-state index in [4.69, 9.17) is 9.47 Å². The van der Waals surface area contributed by atoms with Crippen LogP contribution in [0.1, 0.15) is 12.5 Å². The van der Waals surface area contributed by atoms with E-state index in [1.165, 1.54) is 16.4 Å². The second kappa shape index (κ2) is 11.4. The van der Waals surface area contributed by atoms with Crippen molar-refractivity contribution < 1.29 is 22.7 Å². The number of nitrogens with one attached hydrogen (secondary N) is 2. The van der Waals surface area contributed by atoms with Gasteiger partial charge in [0.1, 0.15) is 18.4 Å². The summed E-state index contributed by atoms with van der Waals surface area (Å²) in [6, 6.07) is 23.0. The second-order valence-corrected chi connectivity index (χ2v) is 10.1. The monoisotopic (exact) mass is 495 g/mol. The molecule has 0 saturated carbocycles. The summed E-state index contributed by atoms with van der Waals surface area (Å²) in [5, 5.41) is 5.94. The molecule has 35 heavy (non-hydrogen) atoms. The van der Waals surface area contributed by atoms with Gasteiger partial charge in [0.25, 0.3) is 0 Å². The van der Waals surface area contributed by atoms with Crippen LogP contribution in [0.3, 0.4) is 0 Å². The molecule has 1 aliphatic heterocycles. The third kappa shape index (κ3) is 6.60. The van der Waals surface area contributed by atoms with Gasteiger partial charge in [-0.05, 0) is 55.0 Å². The minimum Gasteiger partial charge on any atom is -0.489 e. The van der Waals surface area contributed by atoms with Gasteiger partial charge in [-0.25, -0.2) is 8.42 Å². The molecule has 0 spiro atoms. The summed E-state index contributed by atoms with van der Waals surface area (Å²) >= 11 is 0. The van der Waals surface area contributed by atoms with Crippen LogP contribution in [0.25, 0.3) is 0 Å². The van der Waals surface area contributed by atoms with Gasteiger partial charge in [0, 0.05) is 24.5 Å². The lowest BCUT2D eigenvalue weighted by Gasteiger charge is -2.26. The predicted molar refractivity (Wildman–Crippen MR) is 135 cm³/mol. The van der Waals surface area contributed by atoms with Crippen LogP contribution in [0.5, 0.6) is 5.75 Å². The largest absolute Gasteiger partial charge is 0.489 e. The van der Waals surface area contributed by atoms with Crippen LogP contribution >= 0.6 is 0 Å². The first kappa shape index (κ1) is 24.7. The van der Waals surface area contributed by atoms with Crippen LogP contribution in [-0.4, -0.2) is 51.0 Å². The van der Waals surface area contributed by atoms with Crippen molar-refractivity contribution in [3.63, 3.8) is 0 Å². The maximum atomic E-state index is 12.9. The fourth-order valence-corrected chi connectivity index (χ4v) is 5.08. The fraction of sp³-hybridized carbons (Fsp3) is 0.269. The molecule has 1 amide bonds. The van der Waals surface area contributed by atoms with Crippen molar-refractivity contribution >= 4 is 27.3 Å². The van der Waals surface area contributed by atoms with E-state index in [2.05, 4.69) is 10.6 Å². The van der Waals surface area contributed by atoms with E-state index in [9.17, 15) is 13.2 Å². The van der Waals surface area contributed by atoms with Crippen LogP contribution in [-0.2, 0) is 26.2 Å². The van der Waals surface area contributed by atoms with Crippen molar-refractivity contribution in [1.82, 2.24) is 4.31 Å². The zero-order valence-electron chi connectivity index (χ0n) is 19.5. The highest BCUT2D eigenvalue weighted by molar-refractivity contribution is 7.89. The normalized spacial score (nSPS) is 15.2. The van der Waals surface area contributed by atoms with Crippen molar-refractivity contribution in [2.45, 2.75) is 24.5 Å². The van der Waals surface area contributed by atoms with E-state index in [0.717, 1.165) is 17.0 Å². The van der Waals surface area contributed by atoms with E-state index in [-0.39, 0.29) is 10.8 Å². The molecule has 9 heteroatoms. The minimum atomic E-state index is -3.64. The lowest BCUT2D eigenvalue weighted by molar-refractivity contribution is -0.116. The van der Waals surface area contributed by atoms with Crippen molar-refractivity contribution in [2.75, 3.05) is 36.9 Å². The Morgan fingerprint density at radius 2 is 1.69 bits per heavy atom. The van der Waals surface area contributed by atoms with Gasteiger partial charge >= 0.3 is 0 Å². The van der Waals surface area contributed by atoms with E-state index in [1.807, 2.05) is 54.6 Å². The Morgan fingerprint density at radius 1 is 0.971 bits per heavy atom. The number of benzene rings is 3. The Bertz CT molecular complexity index is 1230. The first-order valence-corrected chi connectivity index (χ1v) is 12.9. The molecule has 4 rings (SSSR count). The van der Waals surface area contributed by atoms with Crippen LogP contribution in [0, 0.1) is 0 Å². The number of anilines is 2. The highest BCUT2D eigenvalue weighted by Crippen LogP contribution is 2.22. The third-order valence-electron chi connectivity index (χ3n) is 5.59. The molecule has 3 aromatic carbocycles. The van der Waals surface area contributed by atoms with Gasteiger partial charge in [-0.3, -0.25) is 4.79 Å². The standard InChI is InChI=1S/C26H29N3O5S/c1-20(27-22-10-12-24(13-11-22)34-19-21-6-3-2-4-7-21)26(30)28-23-8-5-9-25(18-23)35(31,32)29-14-16-33-17-15-29/h2-13,18,20,27H,14-17,19H2,1H3,(H,28,30)/t20-/m0/s1. The van der Waals surface area contributed by atoms with Gasteiger partial charge in [-0.1, -0.05) is 36.4 Å². The molecule has 0 radical (unpaired) electrons. The third-order valence-corrected chi connectivity index (χ3v) is 7.48. The lowest BCUT2D eigenvalue weighted by Crippen LogP contribution is -2.40. The SMILES string of the molecule is C[C@H](Nc1ccc(OCc2ccccc2)cc1)C(=O)Nc1cccc(S(=O)(=O)N2CCOCC2)c1. The maximum absolute atomic E-state index is 12.9. The van der Waals surface area contributed by atoms with E-state index in [0.29, 0.717) is 38.6 Å². The first-order valence-electron chi connectivity index (χ1n) is 11.4. The summed E-state index contributed by atoms with van der Waals surface area (Å²) in [5.74, 6) is 0.449. The fourth-order valence-electron chi connectivity index (χ4n) is 3.62. The predicted octanol–water partition coefficient (Wildman–Crippen LogP) is 3.73. The van der Waals surface area contributed by atoms with Gasteiger partial charge in [0.15, 0.2) is 0 Å². The van der Waals surface area contributed by atoms with Gasteiger partial charge < -0.3 is 20.1 Å². The average molecular weight is 496 g/mol. The molecule has 0 unspecified atom stereocenters. The molecule has 1 atom stereocenters. The number of carbonyl (C=O) groups excluding carboxylic acids is 1. The summed E-state index contributed by atoms with van der Waals surface area (Å²) < 4.78 is 38.2. The van der Waals surface area contributed by atoms with Crippen molar-refractivity contribution in [3.8, 4) is 5.75 Å². The average Bonchev–Trinajstić information content (AvgIpc) is 2.89.